The van der Waals surface area contributed by atoms with Crippen molar-refractivity contribution in [2.75, 3.05) is 16.4 Å². The average molecular weight is 448 g/mol. The summed E-state index contributed by atoms with van der Waals surface area (Å²) in [6, 6.07) is 21.4. The van der Waals surface area contributed by atoms with Gasteiger partial charge < -0.3 is 10.6 Å². The zero-order valence-electron chi connectivity index (χ0n) is 16.2. The van der Waals surface area contributed by atoms with Gasteiger partial charge in [0.2, 0.25) is 11.0 Å². The molecule has 0 saturated heterocycles. The monoisotopic (exact) mass is 447 g/mol. The number of nitrogens with one attached hydrogen (secondary N) is 2. The first-order chi connectivity index (χ1) is 15.2. The van der Waals surface area contributed by atoms with Crippen LogP contribution in [0.15, 0.2) is 71.2 Å². The number of hydrogen-bond acceptors (Lipinski definition) is 8. The molecule has 8 nitrogen and oxygen atoms in total. The molecule has 0 atom stereocenters. The lowest BCUT2D eigenvalue weighted by molar-refractivity contribution is -0.113. The summed E-state index contributed by atoms with van der Waals surface area (Å²) in [5.41, 5.74) is 2.20. The summed E-state index contributed by atoms with van der Waals surface area (Å²) in [4.78, 5) is 12.5. The first-order valence-corrected chi connectivity index (χ1v) is 11.1. The third-order valence-electron chi connectivity index (χ3n) is 4.17. The van der Waals surface area contributed by atoms with E-state index >= 15 is 0 Å². The van der Waals surface area contributed by atoms with Crippen LogP contribution < -0.4 is 10.6 Å². The predicted octanol–water partition coefficient (Wildman–Crippen LogP) is 3.94. The lowest BCUT2D eigenvalue weighted by Crippen LogP contribution is -2.17. The smallest absolute Gasteiger partial charge is 0.236 e. The highest BCUT2D eigenvalue weighted by Crippen LogP contribution is 2.26. The maximum atomic E-state index is 12.5. The molecule has 154 valence electrons. The van der Waals surface area contributed by atoms with Crippen LogP contribution in [-0.2, 0) is 11.3 Å². The van der Waals surface area contributed by atoms with Crippen molar-refractivity contribution < 1.29 is 4.79 Å². The van der Waals surface area contributed by atoms with Gasteiger partial charge in [0.05, 0.1) is 17.6 Å². The summed E-state index contributed by atoms with van der Waals surface area (Å²) in [6.45, 7) is 0.654. The van der Waals surface area contributed by atoms with Gasteiger partial charge >= 0.3 is 0 Å². The van der Waals surface area contributed by atoms with E-state index in [4.69, 9.17) is 0 Å². The second-order valence-electron chi connectivity index (χ2n) is 6.32. The first kappa shape index (κ1) is 20.6. The SMILES string of the molecule is N#Cc1cnn(-c2ccccc2)c1NC(=O)CSc1nnc(NCc2ccccc2)s1. The fourth-order valence-electron chi connectivity index (χ4n) is 2.72. The third-order valence-corrected chi connectivity index (χ3v) is 6.18. The van der Waals surface area contributed by atoms with E-state index in [-0.39, 0.29) is 11.7 Å². The average Bonchev–Trinajstić information content (AvgIpc) is 3.44. The Morgan fingerprint density at radius 2 is 1.84 bits per heavy atom. The van der Waals surface area contributed by atoms with Gasteiger partial charge in [-0.2, -0.15) is 10.4 Å². The second kappa shape index (κ2) is 9.88. The zero-order valence-corrected chi connectivity index (χ0v) is 17.9. The molecule has 0 radical (unpaired) electrons. The van der Waals surface area contributed by atoms with Gasteiger partial charge in [0.1, 0.15) is 11.6 Å². The Labute approximate surface area is 186 Å². The molecule has 2 aromatic carbocycles. The Bertz CT molecular complexity index is 1200. The highest BCUT2D eigenvalue weighted by Gasteiger charge is 2.16. The fraction of sp³-hybridized carbons (Fsp3) is 0.0952. The van der Waals surface area contributed by atoms with Crippen LogP contribution in [0.3, 0.4) is 0 Å². The Morgan fingerprint density at radius 3 is 2.58 bits per heavy atom. The molecule has 0 aliphatic heterocycles. The summed E-state index contributed by atoms with van der Waals surface area (Å²) in [6.07, 6.45) is 1.44. The molecule has 4 aromatic rings. The molecule has 2 heterocycles. The van der Waals surface area contributed by atoms with Gasteiger partial charge in [-0.3, -0.25) is 4.79 Å². The van der Waals surface area contributed by atoms with Crippen molar-refractivity contribution in [2.24, 2.45) is 0 Å². The molecule has 2 N–H and O–H groups in total. The minimum Gasteiger partial charge on any atom is -0.356 e. The van der Waals surface area contributed by atoms with Crippen molar-refractivity contribution in [2.45, 2.75) is 10.9 Å². The van der Waals surface area contributed by atoms with E-state index in [1.54, 1.807) is 0 Å². The number of anilines is 2. The topological polar surface area (TPSA) is 109 Å². The minimum atomic E-state index is -0.256. The molecule has 0 aliphatic carbocycles. The zero-order chi connectivity index (χ0) is 21.5. The van der Waals surface area contributed by atoms with Crippen molar-refractivity contribution in [3.63, 3.8) is 0 Å². The fourth-order valence-corrected chi connectivity index (χ4v) is 4.27. The lowest BCUT2D eigenvalue weighted by atomic mass is 10.2. The highest BCUT2D eigenvalue weighted by molar-refractivity contribution is 8.01. The van der Waals surface area contributed by atoms with Gasteiger partial charge in [-0.1, -0.05) is 71.6 Å². The minimum absolute atomic E-state index is 0.137. The number of nitrogens with zero attached hydrogens (tertiary/aromatic N) is 5. The standard InChI is InChI=1S/C21H17N7OS2/c22-11-16-13-24-28(17-9-5-2-6-10-17)19(16)25-18(29)14-30-21-27-26-20(31-21)23-12-15-7-3-1-4-8-15/h1-10,13H,12,14H2,(H,23,26)(H,25,29). The van der Waals surface area contributed by atoms with Crippen LogP contribution in [0.2, 0.25) is 0 Å². The van der Waals surface area contributed by atoms with Crippen LogP contribution in [0.5, 0.6) is 0 Å². The molecule has 0 bridgehead atoms. The summed E-state index contributed by atoms with van der Waals surface area (Å²) in [5.74, 6) is 0.230. The van der Waals surface area contributed by atoms with Crippen LogP contribution in [0.1, 0.15) is 11.1 Å². The second-order valence-corrected chi connectivity index (χ2v) is 8.52. The van der Waals surface area contributed by atoms with E-state index in [0.717, 1.165) is 11.3 Å². The van der Waals surface area contributed by atoms with Gasteiger partial charge in [0.25, 0.3) is 0 Å². The van der Waals surface area contributed by atoms with E-state index in [0.29, 0.717) is 27.4 Å². The van der Waals surface area contributed by atoms with Crippen LogP contribution >= 0.6 is 23.1 Å². The van der Waals surface area contributed by atoms with Crippen LogP contribution in [0, 0.1) is 11.3 Å². The van der Waals surface area contributed by atoms with Gasteiger partial charge in [-0.05, 0) is 17.7 Å². The number of benzene rings is 2. The number of para-hydroxylation sites is 1. The Balaban J connectivity index is 1.35. The number of carbonyl (C=O) groups is 1. The van der Waals surface area contributed by atoms with Crippen molar-refractivity contribution in [3.8, 4) is 11.8 Å². The van der Waals surface area contributed by atoms with Gasteiger partial charge in [0.15, 0.2) is 10.2 Å². The summed E-state index contributed by atoms with van der Waals surface area (Å²) < 4.78 is 2.22. The molecular weight excluding hydrogens is 430 g/mol. The molecule has 1 amide bonds. The molecule has 10 heteroatoms. The Hall–Kier alpha value is -3.68. The Kier molecular flexibility index (Phi) is 6.56. The van der Waals surface area contributed by atoms with E-state index in [2.05, 4.69) is 32.0 Å². The molecule has 0 saturated carbocycles. The molecule has 2 aromatic heterocycles. The van der Waals surface area contributed by atoms with E-state index in [9.17, 15) is 10.1 Å². The molecular formula is C21H17N7OS2. The third kappa shape index (κ3) is 5.28. The maximum Gasteiger partial charge on any atom is 0.236 e. The molecule has 31 heavy (non-hydrogen) atoms. The van der Waals surface area contributed by atoms with E-state index in [1.165, 1.54) is 34.0 Å². The van der Waals surface area contributed by atoms with Crippen molar-refractivity contribution >= 4 is 40.0 Å². The van der Waals surface area contributed by atoms with Crippen LogP contribution in [0.25, 0.3) is 5.69 Å². The van der Waals surface area contributed by atoms with Gasteiger partial charge in [-0.25, -0.2) is 4.68 Å². The molecule has 0 fully saturated rings. The highest BCUT2D eigenvalue weighted by atomic mass is 32.2. The molecule has 0 aliphatic rings. The largest absolute Gasteiger partial charge is 0.356 e. The lowest BCUT2D eigenvalue weighted by Gasteiger charge is -2.09. The van der Waals surface area contributed by atoms with Crippen molar-refractivity contribution in [1.29, 1.82) is 5.26 Å². The Morgan fingerprint density at radius 1 is 1.10 bits per heavy atom. The molecule has 0 unspecified atom stereocenters. The number of hydrogen-bond donors (Lipinski definition) is 2. The van der Waals surface area contributed by atoms with Gasteiger partial charge in [0, 0.05) is 6.54 Å². The number of carbonyl (C=O) groups excluding carboxylic acids is 1. The van der Waals surface area contributed by atoms with Crippen molar-refractivity contribution in [1.82, 2.24) is 20.0 Å². The normalized spacial score (nSPS) is 10.4. The quantitative estimate of drug-likeness (QED) is 0.394. The number of nitriles is 1. The molecule has 0 spiro atoms. The van der Waals surface area contributed by atoms with E-state index in [1.807, 2.05) is 60.7 Å². The number of rotatable bonds is 8. The number of aromatic nitrogens is 4. The summed E-state index contributed by atoms with van der Waals surface area (Å²) in [7, 11) is 0. The first-order valence-electron chi connectivity index (χ1n) is 9.30. The number of amides is 1. The van der Waals surface area contributed by atoms with Crippen molar-refractivity contribution in [3.05, 3.63) is 78.0 Å². The van der Waals surface area contributed by atoms with Gasteiger partial charge in [-0.15, -0.1) is 10.2 Å². The van der Waals surface area contributed by atoms with Crippen LogP contribution in [-0.4, -0.2) is 31.6 Å². The maximum absolute atomic E-state index is 12.5. The van der Waals surface area contributed by atoms with Crippen LogP contribution in [0.4, 0.5) is 10.9 Å². The summed E-state index contributed by atoms with van der Waals surface area (Å²) >= 11 is 2.68. The predicted molar refractivity (Wildman–Crippen MR) is 121 cm³/mol. The van der Waals surface area contributed by atoms with E-state index < -0.39 is 0 Å². The molecule has 4 rings (SSSR count). The summed E-state index contributed by atoms with van der Waals surface area (Å²) in [5, 5.41) is 28.5. The number of thioether (sulfide) groups is 1.